The SMILES string of the molecule is O=C(c1ccccc1C(F)(F)F)N1CCN(S(=O)(=O)c2cccc(C(F)(F)F)c2)CC1. The zero-order valence-corrected chi connectivity index (χ0v) is 16.6. The predicted octanol–water partition coefficient (Wildman–Crippen LogP) is 3.87. The molecular weight excluding hydrogens is 450 g/mol. The number of benzene rings is 2. The van der Waals surface area contributed by atoms with Gasteiger partial charge in [0.25, 0.3) is 5.91 Å². The van der Waals surface area contributed by atoms with Gasteiger partial charge in [0.1, 0.15) is 0 Å². The van der Waals surface area contributed by atoms with Gasteiger partial charge in [0, 0.05) is 26.2 Å². The molecule has 1 aliphatic heterocycles. The van der Waals surface area contributed by atoms with Crippen LogP contribution in [0, 0.1) is 0 Å². The topological polar surface area (TPSA) is 57.7 Å². The number of carbonyl (C=O) groups is 1. The van der Waals surface area contributed by atoms with E-state index < -0.39 is 49.9 Å². The first-order valence-electron chi connectivity index (χ1n) is 8.95. The largest absolute Gasteiger partial charge is 0.417 e. The molecule has 0 aliphatic carbocycles. The first-order valence-corrected chi connectivity index (χ1v) is 10.4. The first-order chi connectivity index (χ1) is 14.3. The van der Waals surface area contributed by atoms with Gasteiger partial charge < -0.3 is 4.90 Å². The zero-order valence-electron chi connectivity index (χ0n) is 15.7. The van der Waals surface area contributed by atoms with Crippen molar-refractivity contribution in [2.45, 2.75) is 17.2 Å². The summed E-state index contributed by atoms with van der Waals surface area (Å²) >= 11 is 0. The fourth-order valence-corrected chi connectivity index (χ4v) is 4.67. The average Bonchev–Trinajstić information content (AvgIpc) is 2.72. The highest BCUT2D eigenvalue weighted by molar-refractivity contribution is 7.89. The highest BCUT2D eigenvalue weighted by Crippen LogP contribution is 2.33. The van der Waals surface area contributed by atoms with Crippen molar-refractivity contribution in [3.05, 3.63) is 65.2 Å². The minimum Gasteiger partial charge on any atom is -0.336 e. The number of carbonyl (C=O) groups excluding carboxylic acids is 1. The quantitative estimate of drug-likeness (QED) is 0.646. The van der Waals surface area contributed by atoms with Crippen molar-refractivity contribution in [3.63, 3.8) is 0 Å². The molecule has 2 aromatic rings. The number of rotatable bonds is 3. The molecule has 2 aromatic carbocycles. The summed E-state index contributed by atoms with van der Waals surface area (Å²) in [6.45, 7) is -0.941. The molecule has 0 aromatic heterocycles. The maximum absolute atomic E-state index is 13.2. The Kier molecular flexibility index (Phi) is 6.07. The molecule has 1 heterocycles. The van der Waals surface area contributed by atoms with Gasteiger partial charge in [-0.05, 0) is 30.3 Å². The molecule has 0 bridgehead atoms. The smallest absolute Gasteiger partial charge is 0.336 e. The van der Waals surface area contributed by atoms with Gasteiger partial charge in [-0.2, -0.15) is 30.6 Å². The van der Waals surface area contributed by atoms with E-state index in [1.54, 1.807) is 0 Å². The number of hydrogen-bond acceptors (Lipinski definition) is 3. The van der Waals surface area contributed by atoms with Crippen molar-refractivity contribution in [1.82, 2.24) is 9.21 Å². The highest BCUT2D eigenvalue weighted by Gasteiger charge is 2.38. The molecule has 1 aliphatic rings. The van der Waals surface area contributed by atoms with Crippen molar-refractivity contribution in [2.24, 2.45) is 0 Å². The van der Waals surface area contributed by atoms with Crippen LogP contribution in [0.2, 0.25) is 0 Å². The lowest BCUT2D eigenvalue weighted by atomic mass is 10.1. The van der Waals surface area contributed by atoms with E-state index in [2.05, 4.69) is 0 Å². The summed E-state index contributed by atoms with van der Waals surface area (Å²) in [6.07, 6.45) is -9.45. The van der Waals surface area contributed by atoms with E-state index in [1.807, 2.05) is 0 Å². The van der Waals surface area contributed by atoms with Crippen LogP contribution in [0.4, 0.5) is 26.3 Å². The Bertz CT molecular complexity index is 1070. The Hall–Kier alpha value is -2.60. The van der Waals surface area contributed by atoms with Gasteiger partial charge in [-0.3, -0.25) is 4.79 Å². The average molecular weight is 466 g/mol. The standard InChI is InChI=1S/C19H16F6N2O3S/c20-18(21,22)13-4-3-5-14(12-13)31(29,30)27-10-8-26(9-11-27)17(28)15-6-1-2-7-16(15)19(23,24)25/h1-7,12H,8-11H2. The minimum atomic E-state index is -4.74. The van der Waals surface area contributed by atoms with E-state index in [-0.39, 0.29) is 26.2 Å². The van der Waals surface area contributed by atoms with Gasteiger partial charge in [-0.1, -0.05) is 18.2 Å². The fourth-order valence-electron chi connectivity index (χ4n) is 3.20. The normalized spacial score (nSPS) is 16.4. The van der Waals surface area contributed by atoms with Gasteiger partial charge in [-0.15, -0.1) is 0 Å². The highest BCUT2D eigenvalue weighted by atomic mass is 32.2. The van der Waals surface area contributed by atoms with Gasteiger partial charge in [0.05, 0.1) is 21.6 Å². The number of amides is 1. The Morgan fingerprint density at radius 3 is 2.00 bits per heavy atom. The summed E-state index contributed by atoms with van der Waals surface area (Å²) in [6, 6.07) is 7.53. The molecule has 5 nitrogen and oxygen atoms in total. The molecule has 1 saturated heterocycles. The van der Waals surface area contributed by atoms with Crippen LogP contribution >= 0.6 is 0 Å². The molecule has 3 rings (SSSR count). The molecule has 31 heavy (non-hydrogen) atoms. The molecule has 1 amide bonds. The van der Waals surface area contributed by atoms with Crippen molar-refractivity contribution < 1.29 is 39.6 Å². The van der Waals surface area contributed by atoms with Crippen LogP contribution in [0.5, 0.6) is 0 Å². The van der Waals surface area contributed by atoms with E-state index >= 15 is 0 Å². The molecule has 12 heteroatoms. The maximum Gasteiger partial charge on any atom is 0.417 e. The van der Waals surface area contributed by atoms with Crippen LogP contribution in [0.25, 0.3) is 0 Å². The van der Waals surface area contributed by atoms with E-state index in [0.717, 1.165) is 45.6 Å². The summed E-state index contributed by atoms with van der Waals surface area (Å²) in [5.74, 6) is -0.899. The lowest BCUT2D eigenvalue weighted by Crippen LogP contribution is -2.50. The molecule has 0 spiro atoms. The van der Waals surface area contributed by atoms with Crippen molar-refractivity contribution >= 4 is 15.9 Å². The molecule has 0 unspecified atom stereocenters. The van der Waals surface area contributed by atoms with Gasteiger partial charge in [-0.25, -0.2) is 8.42 Å². The zero-order chi connectivity index (χ0) is 23.0. The molecule has 1 fully saturated rings. The molecule has 0 radical (unpaired) electrons. The third-order valence-corrected chi connectivity index (χ3v) is 6.68. The number of hydrogen-bond donors (Lipinski definition) is 0. The number of piperazine rings is 1. The van der Waals surface area contributed by atoms with E-state index in [9.17, 15) is 39.6 Å². The first kappa shape index (κ1) is 23.1. The fraction of sp³-hybridized carbons (Fsp3) is 0.316. The van der Waals surface area contributed by atoms with Gasteiger partial charge in [0.2, 0.25) is 10.0 Å². The van der Waals surface area contributed by atoms with Crippen molar-refractivity contribution in [3.8, 4) is 0 Å². The lowest BCUT2D eigenvalue weighted by Gasteiger charge is -2.34. The predicted molar refractivity (Wildman–Crippen MR) is 97.6 cm³/mol. The second-order valence-corrected chi connectivity index (χ2v) is 8.70. The van der Waals surface area contributed by atoms with E-state index in [1.165, 1.54) is 6.07 Å². The van der Waals surface area contributed by atoms with Gasteiger partial charge >= 0.3 is 12.4 Å². The summed E-state index contributed by atoms with van der Waals surface area (Å²) in [4.78, 5) is 13.1. The van der Waals surface area contributed by atoms with Crippen LogP contribution in [0.1, 0.15) is 21.5 Å². The molecule has 0 N–H and O–H groups in total. The van der Waals surface area contributed by atoms with Crippen LogP contribution < -0.4 is 0 Å². The lowest BCUT2D eigenvalue weighted by molar-refractivity contribution is -0.138. The molecule has 168 valence electrons. The third kappa shape index (κ3) is 4.85. The van der Waals surface area contributed by atoms with E-state index in [0.29, 0.717) is 6.07 Å². The molecule has 0 atom stereocenters. The number of nitrogens with zero attached hydrogens (tertiary/aromatic N) is 2. The van der Waals surface area contributed by atoms with Crippen LogP contribution in [-0.4, -0.2) is 49.7 Å². The Morgan fingerprint density at radius 2 is 1.42 bits per heavy atom. The van der Waals surface area contributed by atoms with Gasteiger partial charge in [0.15, 0.2) is 0 Å². The second kappa shape index (κ2) is 8.15. The van der Waals surface area contributed by atoms with Crippen LogP contribution in [-0.2, 0) is 22.4 Å². The number of halogens is 6. The Morgan fingerprint density at radius 1 is 0.806 bits per heavy atom. The van der Waals surface area contributed by atoms with Crippen LogP contribution in [0.15, 0.2) is 53.4 Å². The van der Waals surface area contributed by atoms with Crippen molar-refractivity contribution in [1.29, 1.82) is 0 Å². The summed E-state index contributed by atoms with van der Waals surface area (Å²) in [5.41, 5.74) is -2.77. The minimum absolute atomic E-state index is 0.205. The second-order valence-electron chi connectivity index (χ2n) is 6.77. The summed E-state index contributed by atoms with van der Waals surface area (Å²) < 4.78 is 104. The number of alkyl halides is 6. The summed E-state index contributed by atoms with van der Waals surface area (Å²) in [7, 11) is -4.27. The molecule has 0 saturated carbocycles. The van der Waals surface area contributed by atoms with Crippen LogP contribution in [0.3, 0.4) is 0 Å². The summed E-state index contributed by atoms with van der Waals surface area (Å²) in [5, 5.41) is 0. The van der Waals surface area contributed by atoms with E-state index in [4.69, 9.17) is 0 Å². The maximum atomic E-state index is 13.2. The Labute approximate surface area is 173 Å². The van der Waals surface area contributed by atoms with Crippen molar-refractivity contribution in [2.75, 3.05) is 26.2 Å². The number of sulfonamides is 1. The third-order valence-electron chi connectivity index (χ3n) is 4.79. The monoisotopic (exact) mass is 466 g/mol. The Balaban J connectivity index is 1.76. The molecular formula is C19H16F6N2O3S.